The average molecular weight is 329 g/mol. The second kappa shape index (κ2) is 8.01. The van der Waals surface area contributed by atoms with Gasteiger partial charge in [0.15, 0.2) is 5.54 Å². The van der Waals surface area contributed by atoms with Crippen molar-refractivity contribution in [1.82, 2.24) is 5.32 Å². The first kappa shape index (κ1) is 19.0. The van der Waals surface area contributed by atoms with Crippen LogP contribution in [0.5, 0.6) is 0 Å². The maximum atomic E-state index is 14.0. The highest BCUT2D eigenvalue weighted by molar-refractivity contribution is 5.88. The number of esters is 1. The van der Waals surface area contributed by atoms with E-state index in [1.807, 2.05) is 13.8 Å². The molecule has 1 atom stereocenters. The first-order chi connectivity index (χ1) is 10.7. The van der Waals surface area contributed by atoms with Crippen LogP contribution >= 0.6 is 0 Å². The Labute approximate surface area is 134 Å². The number of ether oxygens (including phenoxy) is 2. The summed E-state index contributed by atoms with van der Waals surface area (Å²) in [7, 11) is 1.10. The van der Waals surface area contributed by atoms with Gasteiger partial charge in [-0.1, -0.05) is 0 Å². The van der Waals surface area contributed by atoms with Gasteiger partial charge in [-0.3, -0.25) is 4.79 Å². The average Bonchev–Trinajstić information content (AvgIpc) is 2.48. The van der Waals surface area contributed by atoms with Gasteiger partial charge in [0.05, 0.1) is 26.2 Å². The number of halogens is 2. The fraction of sp³-hybridized carbons (Fsp3) is 0.500. The summed E-state index contributed by atoms with van der Waals surface area (Å²) < 4.78 is 37.3. The predicted octanol–water partition coefficient (Wildman–Crippen LogP) is 2.28. The zero-order valence-electron chi connectivity index (χ0n) is 13.6. The largest absolute Gasteiger partial charge is 0.467 e. The van der Waals surface area contributed by atoms with Crippen molar-refractivity contribution in [3.05, 3.63) is 35.4 Å². The molecule has 0 aliphatic carbocycles. The molecular weight excluding hydrogens is 308 g/mol. The monoisotopic (exact) mass is 329 g/mol. The van der Waals surface area contributed by atoms with E-state index in [9.17, 15) is 18.4 Å². The molecule has 0 aliphatic rings. The van der Waals surface area contributed by atoms with E-state index in [-0.39, 0.29) is 24.7 Å². The molecule has 128 valence electrons. The van der Waals surface area contributed by atoms with Crippen molar-refractivity contribution in [2.45, 2.75) is 38.8 Å². The van der Waals surface area contributed by atoms with E-state index in [0.717, 1.165) is 25.3 Å². The van der Waals surface area contributed by atoms with E-state index in [1.165, 1.54) is 6.92 Å². The maximum absolute atomic E-state index is 14.0. The maximum Gasteiger partial charge on any atom is 0.336 e. The van der Waals surface area contributed by atoms with E-state index in [4.69, 9.17) is 4.74 Å². The summed E-state index contributed by atoms with van der Waals surface area (Å²) in [5, 5.41) is 2.40. The number of hydrogen-bond donors (Lipinski definition) is 1. The van der Waals surface area contributed by atoms with Crippen LogP contribution in [0.1, 0.15) is 32.8 Å². The summed E-state index contributed by atoms with van der Waals surface area (Å²) in [6.45, 7) is 5.04. The molecule has 0 spiro atoms. The molecule has 0 heterocycles. The van der Waals surface area contributed by atoms with Crippen LogP contribution in [-0.4, -0.2) is 31.7 Å². The third-order valence-corrected chi connectivity index (χ3v) is 3.23. The molecule has 0 bridgehead atoms. The molecule has 0 saturated heterocycles. The second-order valence-corrected chi connectivity index (χ2v) is 5.46. The minimum Gasteiger partial charge on any atom is -0.467 e. The Morgan fingerprint density at radius 1 is 1.30 bits per heavy atom. The van der Waals surface area contributed by atoms with Crippen molar-refractivity contribution >= 4 is 11.9 Å². The molecule has 0 radical (unpaired) electrons. The van der Waals surface area contributed by atoms with Crippen molar-refractivity contribution in [3.8, 4) is 0 Å². The molecular formula is C16H21F2NO4. The van der Waals surface area contributed by atoms with Gasteiger partial charge < -0.3 is 14.8 Å². The highest BCUT2D eigenvalue weighted by Crippen LogP contribution is 2.26. The summed E-state index contributed by atoms with van der Waals surface area (Å²) in [4.78, 5) is 24.1. The lowest BCUT2D eigenvalue weighted by atomic mass is 9.91. The third-order valence-electron chi connectivity index (χ3n) is 3.23. The Morgan fingerprint density at radius 3 is 2.52 bits per heavy atom. The molecule has 1 rings (SSSR count). The lowest BCUT2D eigenvalue weighted by Gasteiger charge is -2.29. The third kappa shape index (κ3) is 4.99. The van der Waals surface area contributed by atoms with E-state index in [0.29, 0.717) is 0 Å². The number of rotatable bonds is 7. The predicted molar refractivity (Wildman–Crippen MR) is 79.6 cm³/mol. The Morgan fingerprint density at radius 2 is 1.96 bits per heavy atom. The lowest BCUT2D eigenvalue weighted by molar-refractivity contribution is -0.151. The fourth-order valence-corrected chi connectivity index (χ4v) is 2.04. The van der Waals surface area contributed by atoms with Crippen LogP contribution < -0.4 is 5.32 Å². The highest BCUT2D eigenvalue weighted by atomic mass is 19.1. The van der Waals surface area contributed by atoms with Crippen LogP contribution in [0, 0.1) is 11.6 Å². The Bertz CT molecular complexity index is 577. The van der Waals surface area contributed by atoms with E-state index in [1.54, 1.807) is 0 Å². The Balaban J connectivity index is 3.01. The minimum atomic E-state index is -1.84. The SMILES string of the molecule is COC(=O)[C@](C)(NC(=O)CCOC(C)C)c1cc(F)ccc1F. The fourth-order valence-electron chi connectivity index (χ4n) is 2.04. The molecule has 1 amide bonds. The van der Waals surface area contributed by atoms with E-state index < -0.39 is 29.0 Å². The van der Waals surface area contributed by atoms with Gasteiger partial charge in [-0.05, 0) is 39.0 Å². The van der Waals surface area contributed by atoms with Crippen LogP contribution in [-0.2, 0) is 24.6 Å². The number of methoxy groups -OCH3 is 1. The Hall–Kier alpha value is -2.02. The van der Waals surface area contributed by atoms with Gasteiger partial charge in [-0.25, -0.2) is 13.6 Å². The number of benzene rings is 1. The topological polar surface area (TPSA) is 64.6 Å². The summed E-state index contributed by atoms with van der Waals surface area (Å²) in [6, 6.07) is 2.67. The lowest BCUT2D eigenvalue weighted by Crippen LogP contribution is -2.51. The first-order valence-electron chi connectivity index (χ1n) is 7.17. The van der Waals surface area contributed by atoms with E-state index in [2.05, 4.69) is 10.1 Å². The highest BCUT2D eigenvalue weighted by Gasteiger charge is 2.40. The van der Waals surface area contributed by atoms with Crippen LogP contribution in [0.25, 0.3) is 0 Å². The van der Waals surface area contributed by atoms with Crippen LogP contribution in [0.3, 0.4) is 0 Å². The molecule has 1 aromatic carbocycles. The number of nitrogens with one attached hydrogen (secondary N) is 1. The molecule has 5 nitrogen and oxygen atoms in total. The van der Waals surface area contributed by atoms with Crippen molar-refractivity contribution < 1.29 is 27.8 Å². The molecule has 0 aliphatic heterocycles. The van der Waals surface area contributed by atoms with Crippen LogP contribution in [0.2, 0.25) is 0 Å². The van der Waals surface area contributed by atoms with Crippen molar-refractivity contribution in [3.63, 3.8) is 0 Å². The molecule has 0 fully saturated rings. The van der Waals surface area contributed by atoms with E-state index >= 15 is 0 Å². The standard InChI is InChI=1S/C16H21F2NO4/c1-10(2)23-8-7-14(20)19-16(3,15(21)22-4)12-9-11(17)5-6-13(12)18/h5-6,9-10H,7-8H2,1-4H3,(H,19,20)/t16-/m1/s1. The molecule has 23 heavy (non-hydrogen) atoms. The summed E-state index contributed by atoms with van der Waals surface area (Å²) in [5.41, 5.74) is -2.14. The van der Waals surface area contributed by atoms with Gasteiger partial charge in [0.2, 0.25) is 5.91 Å². The van der Waals surface area contributed by atoms with Gasteiger partial charge in [0, 0.05) is 5.56 Å². The molecule has 0 aromatic heterocycles. The van der Waals surface area contributed by atoms with Gasteiger partial charge in [0.25, 0.3) is 0 Å². The normalized spacial score (nSPS) is 13.5. The summed E-state index contributed by atoms with van der Waals surface area (Å²) >= 11 is 0. The van der Waals surface area contributed by atoms with Gasteiger partial charge in [-0.2, -0.15) is 0 Å². The molecule has 1 aromatic rings. The minimum absolute atomic E-state index is 0.0261. The Kier molecular flexibility index (Phi) is 6.62. The van der Waals surface area contributed by atoms with Gasteiger partial charge >= 0.3 is 5.97 Å². The number of carbonyl (C=O) groups is 2. The zero-order chi connectivity index (χ0) is 17.6. The molecule has 0 unspecified atom stereocenters. The van der Waals surface area contributed by atoms with Crippen molar-refractivity contribution in [1.29, 1.82) is 0 Å². The number of amides is 1. The summed E-state index contributed by atoms with van der Waals surface area (Å²) in [6.07, 6.45) is -0.0720. The van der Waals surface area contributed by atoms with Gasteiger partial charge in [0.1, 0.15) is 11.6 Å². The van der Waals surface area contributed by atoms with Crippen LogP contribution in [0.15, 0.2) is 18.2 Å². The smallest absolute Gasteiger partial charge is 0.336 e. The first-order valence-corrected chi connectivity index (χ1v) is 7.17. The van der Waals surface area contributed by atoms with Crippen molar-refractivity contribution in [2.75, 3.05) is 13.7 Å². The van der Waals surface area contributed by atoms with Crippen molar-refractivity contribution in [2.24, 2.45) is 0 Å². The number of carbonyl (C=O) groups excluding carboxylic acids is 2. The zero-order valence-corrected chi connectivity index (χ0v) is 13.6. The quantitative estimate of drug-likeness (QED) is 0.780. The van der Waals surface area contributed by atoms with Gasteiger partial charge in [-0.15, -0.1) is 0 Å². The second-order valence-electron chi connectivity index (χ2n) is 5.46. The molecule has 0 saturated carbocycles. The molecule has 1 N–H and O–H groups in total. The summed E-state index contributed by atoms with van der Waals surface area (Å²) in [5.74, 6) is -2.99. The van der Waals surface area contributed by atoms with Crippen LogP contribution in [0.4, 0.5) is 8.78 Å². The molecule has 7 heteroatoms. The number of hydrogen-bond acceptors (Lipinski definition) is 4.